The summed E-state index contributed by atoms with van der Waals surface area (Å²) in [5, 5.41) is 2.92. The molecular weight excluding hydrogens is 140 g/mol. The predicted molar refractivity (Wildman–Crippen MR) is 41.1 cm³/mol. The molecule has 3 heteroatoms. The zero-order valence-corrected chi connectivity index (χ0v) is 7.09. The quantitative estimate of drug-likeness (QED) is 0.492. The van der Waals surface area contributed by atoms with E-state index in [1.54, 1.807) is 10.7 Å². The van der Waals surface area contributed by atoms with E-state index < -0.39 is 0 Å². The fourth-order valence-electron chi connectivity index (χ4n) is 0.899. The Hall–Kier alpha value is -1.12. The van der Waals surface area contributed by atoms with Crippen LogP contribution >= 0.6 is 0 Å². The van der Waals surface area contributed by atoms with Crippen molar-refractivity contribution in [3.63, 3.8) is 0 Å². The molecule has 0 bridgehead atoms. The first-order chi connectivity index (χ1) is 5.11. The minimum Gasteiger partial charge on any atom is -0.292 e. The van der Waals surface area contributed by atoms with Crippen molar-refractivity contribution < 1.29 is 9.48 Å². The van der Waals surface area contributed by atoms with E-state index in [-0.39, 0.29) is 11.7 Å². The molecule has 0 amide bonds. The van der Waals surface area contributed by atoms with Gasteiger partial charge in [0.15, 0.2) is 19.0 Å². The number of nitrogens with one attached hydrogen (secondary N) is 1. The molecule has 0 aliphatic heterocycles. The molecule has 0 spiro atoms. The van der Waals surface area contributed by atoms with E-state index in [1.165, 1.54) is 0 Å². The molecule has 1 N–H and O–H groups in total. The third-order valence-corrected chi connectivity index (χ3v) is 1.55. The van der Waals surface area contributed by atoms with Crippen molar-refractivity contribution in [2.75, 3.05) is 0 Å². The first-order valence-electron chi connectivity index (χ1n) is 3.70. The van der Waals surface area contributed by atoms with Gasteiger partial charge >= 0.3 is 0 Å². The molecule has 11 heavy (non-hydrogen) atoms. The molecule has 0 saturated carbocycles. The number of H-pyrrole nitrogens is 1. The van der Waals surface area contributed by atoms with Gasteiger partial charge in [0, 0.05) is 12.0 Å². The van der Waals surface area contributed by atoms with Crippen molar-refractivity contribution in [3.05, 3.63) is 18.0 Å². The molecule has 0 aliphatic rings. The van der Waals surface area contributed by atoms with Crippen molar-refractivity contribution in [1.29, 1.82) is 0 Å². The van der Waals surface area contributed by atoms with E-state index in [9.17, 15) is 4.79 Å². The van der Waals surface area contributed by atoms with E-state index in [2.05, 4.69) is 5.10 Å². The zero-order chi connectivity index (χ0) is 8.43. The molecule has 0 fully saturated rings. The summed E-state index contributed by atoms with van der Waals surface area (Å²) >= 11 is 0. The summed E-state index contributed by atoms with van der Waals surface area (Å²) in [4.78, 5) is 11.3. The summed E-state index contributed by atoms with van der Waals surface area (Å²) in [6, 6.07) is 1.79. The number of carbonyl (C=O) groups is 1. The number of ketones is 1. The van der Waals surface area contributed by atoms with Gasteiger partial charge in [0.2, 0.25) is 0 Å². The van der Waals surface area contributed by atoms with Crippen LogP contribution < -0.4 is 4.68 Å². The van der Waals surface area contributed by atoms with Crippen LogP contribution in [0.5, 0.6) is 0 Å². The number of aromatic amines is 1. The van der Waals surface area contributed by atoms with Crippen LogP contribution in [0.3, 0.4) is 0 Å². The molecule has 1 aromatic heterocycles. The van der Waals surface area contributed by atoms with Crippen LogP contribution in [-0.4, -0.2) is 10.9 Å². The molecule has 60 valence electrons. The SMILES string of the molecule is CC(C)C(=O)c1cc[n+](C)[nH]1. The molecule has 1 aromatic rings. The Morgan fingerprint density at radius 2 is 2.27 bits per heavy atom. The van der Waals surface area contributed by atoms with Gasteiger partial charge in [-0.1, -0.05) is 13.8 Å². The molecule has 0 aromatic carbocycles. The van der Waals surface area contributed by atoms with Gasteiger partial charge in [-0.25, -0.2) is 0 Å². The van der Waals surface area contributed by atoms with Crippen molar-refractivity contribution in [3.8, 4) is 0 Å². The molecule has 0 radical (unpaired) electrons. The van der Waals surface area contributed by atoms with E-state index in [1.807, 2.05) is 27.1 Å². The molecule has 0 unspecified atom stereocenters. The average Bonchev–Trinajstić information content (AvgIpc) is 2.34. The fraction of sp³-hybridized carbons (Fsp3) is 0.500. The van der Waals surface area contributed by atoms with Crippen LogP contribution in [0, 0.1) is 5.92 Å². The first kappa shape index (κ1) is 7.98. The molecule has 1 heterocycles. The summed E-state index contributed by atoms with van der Waals surface area (Å²) in [6.07, 6.45) is 1.83. The van der Waals surface area contributed by atoms with Gasteiger partial charge in [-0.05, 0) is 0 Å². The second kappa shape index (κ2) is 2.86. The number of carbonyl (C=O) groups excluding carboxylic acids is 1. The second-order valence-electron chi connectivity index (χ2n) is 2.97. The molecule has 0 aliphatic carbocycles. The van der Waals surface area contributed by atoms with E-state index in [4.69, 9.17) is 0 Å². The highest BCUT2D eigenvalue weighted by Crippen LogP contribution is 2.02. The van der Waals surface area contributed by atoms with Gasteiger partial charge in [-0.3, -0.25) is 4.79 Å². The number of Topliss-reactive ketones (excluding diaryl/α,β-unsaturated/α-hetero) is 1. The smallest absolute Gasteiger partial charge is 0.195 e. The molecule has 0 atom stereocenters. The van der Waals surface area contributed by atoms with Crippen molar-refractivity contribution in [1.82, 2.24) is 5.10 Å². The summed E-state index contributed by atoms with van der Waals surface area (Å²) in [7, 11) is 1.86. The van der Waals surface area contributed by atoms with Crippen LogP contribution in [0.25, 0.3) is 0 Å². The lowest BCUT2D eigenvalue weighted by Crippen LogP contribution is -2.29. The van der Waals surface area contributed by atoms with E-state index in [0.717, 1.165) is 0 Å². The highest BCUT2D eigenvalue weighted by molar-refractivity contribution is 5.95. The lowest BCUT2D eigenvalue weighted by atomic mass is 10.1. The number of aromatic nitrogens is 2. The first-order valence-corrected chi connectivity index (χ1v) is 3.70. The third kappa shape index (κ3) is 1.67. The van der Waals surface area contributed by atoms with Crippen molar-refractivity contribution >= 4 is 5.78 Å². The molecule has 0 saturated heterocycles. The van der Waals surface area contributed by atoms with Crippen molar-refractivity contribution in [2.45, 2.75) is 13.8 Å². The van der Waals surface area contributed by atoms with Gasteiger partial charge in [-0.2, -0.15) is 5.10 Å². The van der Waals surface area contributed by atoms with Crippen LogP contribution in [0.15, 0.2) is 12.3 Å². The highest BCUT2D eigenvalue weighted by Gasteiger charge is 2.13. The Labute approximate surface area is 66.0 Å². The van der Waals surface area contributed by atoms with E-state index >= 15 is 0 Å². The summed E-state index contributed by atoms with van der Waals surface area (Å²) < 4.78 is 1.76. The Morgan fingerprint density at radius 3 is 2.64 bits per heavy atom. The largest absolute Gasteiger partial charge is 0.292 e. The van der Waals surface area contributed by atoms with Gasteiger partial charge in [0.1, 0.15) is 5.69 Å². The van der Waals surface area contributed by atoms with Crippen LogP contribution in [0.2, 0.25) is 0 Å². The van der Waals surface area contributed by atoms with Gasteiger partial charge in [0.25, 0.3) is 0 Å². The number of nitrogens with zero attached hydrogens (tertiary/aromatic N) is 1. The number of hydrogen-bond acceptors (Lipinski definition) is 1. The van der Waals surface area contributed by atoms with Gasteiger partial charge < -0.3 is 0 Å². The topological polar surface area (TPSA) is 36.7 Å². The summed E-state index contributed by atoms with van der Waals surface area (Å²) in [5.41, 5.74) is 0.683. The second-order valence-corrected chi connectivity index (χ2v) is 2.97. The molecular formula is C8H13N2O+. The minimum atomic E-state index is 0.0636. The van der Waals surface area contributed by atoms with Gasteiger partial charge in [0.05, 0.1) is 0 Å². The monoisotopic (exact) mass is 153 g/mol. The number of aryl methyl sites for hydroxylation is 1. The average molecular weight is 153 g/mol. The Kier molecular flexibility index (Phi) is 2.08. The van der Waals surface area contributed by atoms with E-state index in [0.29, 0.717) is 5.69 Å². The zero-order valence-electron chi connectivity index (χ0n) is 7.09. The van der Waals surface area contributed by atoms with Crippen LogP contribution in [0.1, 0.15) is 24.3 Å². The summed E-state index contributed by atoms with van der Waals surface area (Å²) in [5.74, 6) is 0.222. The minimum absolute atomic E-state index is 0.0636. The fourth-order valence-corrected chi connectivity index (χ4v) is 0.899. The Bertz CT molecular complexity index is 263. The number of hydrogen-bond donors (Lipinski definition) is 1. The maximum atomic E-state index is 11.3. The maximum Gasteiger partial charge on any atom is 0.195 e. The highest BCUT2D eigenvalue weighted by atomic mass is 16.1. The standard InChI is InChI=1S/C8H12N2O/c1-6(2)8(11)7-4-5-10(3)9-7/h4-6H,1-3H3/p+1. The Morgan fingerprint density at radius 1 is 1.64 bits per heavy atom. The number of rotatable bonds is 2. The predicted octanol–water partition coefficient (Wildman–Crippen LogP) is 0.678. The lowest BCUT2D eigenvalue weighted by molar-refractivity contribution is -0.726. The molecule has 1 rings (SSSR count). The normalized spacial score (nSPS) is 10.5. The van der Waals surface area contributed by atoms with Crippen molar-refractivity contribution in [2.24, 2.45) is 13.0 Å². The third-order valence-electron chi connectivity index (χ3n) is 1.55. The summed E-state index contributed by atoms with van der Waals surface area (Å²) in [6.45, 7) is 3.78. The molecule has 3 nitrogen and oxygen atoms in total. The lowest BCUT2D eigenvalue weighted by Gasteiger charge is -1.96. The van der Waals surface area contributed by atoms with Crippen LogP contribution in [0.4, 0.5) is 0 Å². The van der Waals surface area contributed by atoms with Crippen LogP contribution in [-0.2, 0) is 7.05 Å². The van der Waals surface area contributed by atoms with Gasteiger partial charge in [-0.15, -0.1) is 4.68 Å². The maximum absolute atomic E-state index is 11.3. The Balaban J connectivity index is 2.85.